The van der Waals surface area contributed by atoms with Gasteiger partial charge in [-0.2, -0.15) is 5.10 Å². The smallest absolute Gasteiger partial charge is 0.102 e. The molecule has 3 aromatic rings. The topological polar surface area (TPSA) is 48.1 Å². The van der Waals surface area contributed by atoms with E-state index in [1.165, 1.54) is 0 Å². The van der Waals surface area contributed by atoms with E-state index in [1.54, 1.807) is 0 Å². The Hall–Kier alpha value is -2.44. The van der Waals surface area contributed by atoms with Crippen LogP contribution in [0.15, 0.2) is 42.9 Å². The molecule has 0 radical (unpaired) electrons. The van der Waals surface area contributed by atoms with Crippen LogP contribution >= 0.6 is 0 Å². The lowest BCUT2D eigenvalue weighted by Crippen LogP contribution is -2.39. The zero-order valence-electron chi connectivity index (χ0n) is 16.3. The molecule has 1 aliphatic heterocycles. The predicted molar refractivity (Wildman–Crippen MR) is 107 cm³/mol. The van der Waals surface area contributed by atoms with E-state index >= 15 is 0 Å². The second kappa shape index (κ2) is 7.66. The third-order valence-electron chi connectivity index (χ3n) is 5.40. The fourth-order valence-corrected chi connectivity index (χ4v) is 3.81. The summed E-state index contributed by atoms with van der Waals surface area (Å²) in [5.41, 5.74) is 5.57. The van der Waals surface area contributed by atoms with E-state index < -0.39 is 0 Å². The minimum absolute atomic E-state index is 0.323. The van der Waals surface area contributed by atoms with Gasteiger partial charge in [-0.05, 0) is 13.8 Å². The summed E-state index contributed by atoms with van der Waals surface area (Å²) in [5, 5.41) is 4.80. The van der Waals surface area contributed by atoms with Gasteiger partial charge in [-0.3, -0.25) is 9.58 Å². The van der Waals surface area contributed by atoms with Crippen molar-refractivity contribution < 1.29 is 4.74 Å². The summed E-state index contributed by atoms with van der Waals surface area (Å²) in [6.45, 7) is 9.01. The molecule has 0 amide bonds. The molecule has 0 saturated carbocycles. The number of rotatable bonds is 5. The molecule has 6 nitrogen and oxygen atoms in total. The van der Waals surface area contributed by atoms with Gasteiger partial charge in [-0.15, -0.1) is 0 Å². The van der Waals surface area contributed by atoms with Crippen molar-refractivity contribution in [2.24, 2.45) is 7.05 Å². The molecule has 2 aromatic heterocycles. The summed E-state index contributed by atoms with van der Waals surface area (Å²) < 4.78 is 9.72. The average molecular weight is 365 g/mol. The van der Waals surface area contributed by atoms with Crippen LogP contribution in [0.25, 0.3) is 22.5 Å². The van der Waals surface area contributed by atoms with Gasteiger partial charge in [-0.1, -0.05) is 30.3 Å². The third-order valence-corrected chi connectivity index (χ3v) is 5.40. The summed E-state index contributed by atoms with van der Waals surface area (Å²) in [7, 11) is 2.00. The number of nitrogens with zero attached hydrogens (tertiary/aromatic N) is 5. The van der Waals surface area contributed by atoms with Crippen LogP contribution in [0.3, 0.4) is 0 Å². The van der Waals surface area contributed by atoms with E-state index in [9.17, 15) is 0 Å². The van der Waals surface area contributed by atoms with Gasteiger partial charge < -0.3 is 9.30 Å². The van der Waals surface area contributed by atoms with Gasteiger partial charge in [0.25, 0.3) is 0 Å². The average Bonchev–Trinajstić information content (AvgIpc) is 3.28. The molecular formula is C21H27N5O. The van der Waals surface area contributed by atoms with Crippen LogP contribution in [-0.2, 0) is 11.8 Å². The molecule has 0 N–H and O–H groups in total. The van der Waals surface area contributed by atoms with E-state index in [2.05, 4.69) is 52.6 Å². The first kappa shape index (κ1) is 17.9. The van der Waals surface area contributed by atoms with E-state index in [0.29, 0.717) is 6.04 Å². The van der Waals surface area contributed by atoms with Gasteiger partial charge in [0.05, 0.1) is 31.4 Å². The summed E-state index contributed by atoms with van der Waals surface area (Å²) in [6.07, 6.45) is 3.91. The second-order valence-corrected chi connectivity index (χ2v) is 7.25. The summed E-state index contributed by atoms with van der Waals surface area (Å²) in [4.78, 5) is 6.94. The van der Waals surface area contributed by atoms with Crippen LogP contribution < -0.4 is 0 Å². The van der Waals surface area contributed by atoms with Crippen molar-refractivity contribution in [2.45, 2.75) is 19.9 Å². The monoisotopic (exact) mass is 365 g/mol. The highest BCUT2D eigenvalue weighted by Gasteiger charge is 2.22. The Morgan fingerprint density at radius 3 is 2.63 bits per heavy atom. The van der Waals surface area contributed by atoms with Crippen molar-refractivity contribution in [3.63, 3.8) is 0 Å². The fourth-order valence-electron chi connectivity index (χ4n) is 3.81. The Kier molecular flexibility index (Phi) is 5.09. The highest BCUT2D eigenvalue weighted by Crippen LogP contribution is 2.35. The van der Waals surface area contributed by atoms with Gasteiger partial charge in [0.2, 0.25) is 0 Å². The molecule has 1 aliphatic rings. The van der Waals surface area contributed by atoms with E-state index in [4.69, 9.17) is 9.84 Å². The molecule has 1 fully saturated rings. The number of ether oxygens (including phenoxy) is 1. The zero-order valence-corrected chi connectivity index (χ0v) is 16.3. The Labute approximate surface area is 160 Å². The quantitative estimate of drug-likeness (QED) is 0.697. The highest BCUT2D eigenvalue weighted by molar-refractivity contribution is 5.81. The Bertz CT molecular complexity index is 893. The van der Waals surface area contributed by atoms with Crippen LogP contribution in [0, 0.1) is 6.92 Å². The van der Waals surface area contributed by atoms with Gasteiger partial charge in [0.15, 0.2) is 0 Å². The standard InChI is InChI=1S/C21H27N5O/c1-16(14-25-9-11-27-12-10-25)26-15-22-13-19(26)20-17(2)24(3)23-21(20)18-7-5-4-6-8-18/h4-8,13,15-16H,9-12,14H2,1-3H3. The van der Waals surface area contributed by atoms with Gasteiger partial charge in [0, 0.05) is 49.5 Å². The molecule has 142 valence electrons. The Morgan fingerprint density at radius 1 is 1.15 bits per heavy atom. The SMILES string of the molecule is Cc1c(-c2cncn2C(C)CN2CCOCC2)c(-c2ccccc2)nn1C. The first-order chi connectivity index (χ1) is 13.1. The van der Waals surface area contributed by atoms with Crippen molar-refractivity contribution in [2.75, 3.05) is 32.8 Å². The largest absolute Gasteiger partial charge is 0.379 e. The lowest BCUT2D eigenvalue weighted by molar-refractivity contribution is 0.0326. The number of aromatic nitrogens is 4. The molecule has 1 saturated heterocycles. The molecule has 0 bridgehead atoms. The Balaban J connectivity index is 1.70. The molecule has 1 aromatic carbocycles. The molecule has 0 aliphatic carbocycles. The minimum atomic E-state index is 0.323. The molecular weight excluding hydrogens is 338 g/mol. The lowest BCUT2D eigenvalue weighted by atomic mass is 10.0. The minimum Gasteiger partial charge on any atom is -0.379 e. The number of hydrogen-bond acceptors (Lipinski definition) is 4. The van der Waals surface area contributed by atoms with Crippen molar-refractivity contribution in [3.8, 4) is 22.5 Å². The van der Waals surface area contributed by atoms with Crippen molar-refractivity contribution in [1.82, 2.24) is 24.2 Å². The van der Waals surface area contributed by atoms with Gasteiger partial charge >= 0.3 is 0 Å². The van der Waals surface area contributed by atoms with Crippen molar-refractivity contribution in [1.29, 1.82) is 0 Å². The van der Waals surface area contributed by atoms with E-state index in [1.807, 2.05) is 30.3 Å². The normalized spacial score (nSPS) is 16.6. The van der Waals surface area contributed by atoms with E-state index in [0.717, 1.165) is 61.1 Å². The number of aryl methyl sites for hydroxylation is 1. The van der Waals surface area contributed by atoms with Crippen molar-refractivity contribution in [3.05, 3.63) is 48.5 Å². The number of imidazole rings is 1. The lowest BCUT2D eigenvalue weighted by Gasteiger charge is -2.30. The maximum Gasteiger partial charge on any atom is 0.102 e. The van der Waals surface area contributed by atoms with Gasteiger partial charge in [-0.25, -0.2) is 4.98 Å². The maximum atomic E-state index is 5.48. The zero-order chi connectivity index (χ0) is 18.8. The van der Waals surface area contributed by atoms with E-state index in [-0.39, 0.29) is 0 Å². The molecule has 6 heteroatoms. The number of hydrogen-bond donors (Lipinski definition) is 0. The molecule has 3 heterocycles. The number of benzene rings is 1. The molecule has 27 heavy (non-hydrogen) atoms. The first-order valence-electron chi connectivity index (χ1n) is 9.56. The van der Waals surface area contributed by atoms with Crippen LogP contribution in [0.1, 0.15) is 18.7 Å². The highest BCUT2D eigenvalue weighted by atomic mass is 16.5. The van der Waals surface area contributed by atoms with Crippen LogP contribution in [-0.4, -0.2) is 57.1 Å². The second-order valence-electron chi connectivity index (χ2n) is 7.25. The third kappa shape index (κ3) is 3.55. The maximum absolute atomic E-state index is 5.48. The summed E-state index contributed by atoms with van der Waals surface area (Å²) >= 11 is 0. The Morgan fingerprint density at radius 2 is 1.89 bits per heavy atom. The predicted octanol–water partition coefficient (Wildman–Crippen LogP) is 3.15. The van der Waals surface area contributed by atoms with Crippen LogP contribution in [0.4, 0.5) is 0 Å². The molecule has 1 atom stereocenters. The van der Waals surface area contributed by atoms with Crippen LogP contribution in [0.2, 0.25) is 0 Å². The van der Waals surface area contributed by atoms with Crippen LogP contribution in [0.5, 0.6) is 0 Å². The summed E-state index contributed by atoms with van der Waals surface area (Å²) in [5.74, 6) is 0. The number of morpholine rings is 1. The molecule has 0 spiro atoms. The fraction of sp³-hybridized carbons (Fsp3) is 0.429. The summed E-state index contributed by atoms with van der Waals surface area (Å²) in [6, 6.07) is 10.7. The first-order valence-corrected chi connectivity index (χ1v) is 9.56. The molecule has 1 unspecified atom stereocenters. The van der Waals surface area contributed by atoms with Crippen molar-refractivity contribution >= 4 is 0 Å². The molecule has 4 rings (SSSR count). The van der Waals surface area contributed by atoms with Gasteiger partial charge in [0.1, 0.15) is 5.69 Å².